The van der Waals surface area contributed by atoms with Gasteiger partial charge in [-0.3, -0.25) is 4.79 Å². The fraction of sp³-hybridized carbons (Fsp3) is 0.0714. The first kappa shape index (κ1) is 15.7. The molecule has 0 fully saturated rings. The van der Waals surface area contributed by atoms with Gasteiger partial charge in [-0.1, -0.05) is 15.9 Å². The standard InChI is InChI=1S/C14H13BrN2O3S/c1-9-8-10(2-7-13(9)15)14(18)17-11-3-5-12(6-4-11)21(16,19)20/h2-8H,1H3,(H,17,18)(H2,16,19,20). The van der Waals surface area contributed by atoms with Crippen molar-refractivity contribution < 1.29 is 13.2 Å². The van der Waals surface area contributed by atoms with Gasteiger partial charge >= 0.3 is 0 Å². The molecule has 0 radical (unpaired) electrons. The maximum absolute atomic E-state index is 12.1. The fourth-order valence-corrected chi connectivity index (χ4v) is 2.48. The molecule has 0 saturated heterocycles. The molecular weight excluding hydrogens is 356 g/mol. The highest BCUT2D eigenvalue weighted by molar-refractivity contribution is 9.10. The van der Waals surface area contributed by atoms with Crippen LogP contribution in [0.15, 0.2) is 51.8 Å². The van der Waals surface area contributed by atoms with Gasteiger partial charge in [-0.2, -0.15) is 0 Å². The first-order chi connectivity index (χ1) is 9.77. The Labute approximate surface area is 131 Å². The van der Waals surface area contributed by atoms with Crippen LogP contribution in [-0.2, 0) is 10.0 Å². The second kappa shape index (κ2) is 5.97. The molecule has 0 unspecified atom stereocenters. The molecule has 0 aliphatic heterocycles. The summed E-state index contributed by atoms with van der Waals surface area (Å²) in [5.41, 5.74) is 1.96. The van der Waals surface area contributed by atoms with Crippen LogP contribution in [0.4, 0.5) is 5.69 Å². The lowest BCUT2D eigenvalue weighted by Gasteiger charge is -2.07. The smallest absolute Gasteiger partial charge is 0.255 e. The third-order valence-electron chi connectivity index (χ3n) is 2.86. The Kier molecular flexibility index (Phi) is 4.46. The number of hydrogen-bond acceptors (Lipinski definition) is 3. The van der Waals surface area contributed by atoms with Crippen molar-refractivity contribution in [2.75, 3.05) is 5.32 Å². The van der Waals surface area contributed by atoms with E-state index < -0.39 is 10.0 Å². The summed E-state index contributed by atoms with van der Waals surface area (Å²) in [7, 11) is -3.73. The molecule has 0 atom stereocenters. The van der Waals surface area contributed by atoms with Gasteiger partial charge in [-0.25, -0.2) is 13.6 Å². The molecule has 0 saturated carbocycles. The van der Waals surface area contributed by atoms with E-state index in [2.05, 4.69) is 21.2 Å². The van der Waals surface area contributed by atoms with Gasteiger partial charge in [0, 0.05) is 15.7 Å². The summed E-state index contributed by atoms with van der Waals surface area (Å²) in [6, 6.07) is 10.9. The number of aryl methyl sites for hydroxylation is 1. The highest BCUT2D eigenvalue weighted by Crippen LogP contribution is 2.18. The average molecular weight is 369 g/mol. The summed E-state index contributed by atoms with van der Waals surface area (Å²) in [5.74, 6) is -0.269. The normalized spacial score (nSPS) is 11.2. The number of rotatable bonds is 3. The molecule has 5 nitrogen and oxygen atoms in total. The zero-order chi connectivity index (χ0) is 15.6. The summed E-state index contributed by atoms with van der Waals surface area (Å²) < 4.78 is 23.2. The first-order valence-corrected chi connectivity index (χ1v) is 8.31. The Morgan fingerprint density at radius 3 is 2.29 bits per heavy atom. The van der Waals surface area contributed by atoms with E-state index in [1.165, 1.54) is 24.3 Å². The molecule has 0 aliphatic carbocycles. The van der Waals surface area contributed by atoms with Crippen molar-refractivity contribution in [1.82, 2.24) is 0 Å². The quantitative estimate of drug-likeness (QED) is 0.872. The Morgan fingerprint density at radius 1 is 1.14 bits per heavy atom. The summed E-state index contributed by atoms with van der Waals surface area (Å²) >= 11 is 3.37. The molecule has 2 aromatic carbocycles. The van der Waals surface area contributed by atoms with Crippen LogP contribution in [-0.4, -0.2) is 14.3 Å². The van der Waals surface area contributed by atoms with Crippen LogP contribution in [0, 0.1) is 6.92 Å². The van der Waals surface area contributed by atoms with E-state index in [0.29, 0.717) is 11.3 Å². The van der Waals surface area contributed by atoms with E-state index >= 15 is 0 Å². The predicted molar refractivity (Wildman–Crippen MR) is 84.6 cm³/mol. The van der Waals surface area contributed by atoms with E-state index in [1.807, 2.05) is 6.92 Å². The lowest BCUT2D eigenvalue weighted by Crippen LogP contribution is -2.14. The van der Waals surface area contributed by atoms with Gasteiger partial charge < -0.3 is 5.32 Å². The van der Waals surface area contributed by atoms with Gasteiger partial charge in [-0.05, 0) is 55.0 Å². The Morgan fingerprint density at radius 2 is 1.76 bits per heavy atom. The molecule has 0 heterocycles. The van der Waals surface area contributed by atoms with E-state index in [0.717, 1.165) is 10.0 Å². The van der Waals surface area contributed by atoms with Gasteiger partial charge in [0.15, 0.2) is 0 Å². The molecule has 21 heavy (non-hydrogen) atoms. The zero-order valence-corrected chi connectivity index (χ0v) is 13.5. The van der Waals surface area contributed by atoms with Crippen molar-refractivity contribution in [3.05, 3.63) is 58.1 Å². The second-order valence-corrected chi connectivity index (χ2v) is 6.90. The van der Waals surface area contributed by atoms with E-state index in [1.54, 1.807) is 18.2 Å². The summed E-state index contributed by atoms with van der Waals surface area (Å²) in [4.78, 5) is 12.1. The van der Waals surface area contributed by atoms with Gasteiger partial charge in [0.2, 0.25) is 10.0 Å². The Balaban J connectivity index is 2.18. The Hall–Kier alpha value is -1.70. The highest BCUT2D eigenvalue weighted by Gasteiger charge is 2.10. The number of benzene rings is 2. The molecule has 110 valence electrons. The highest BCUT2D eigenvalue weighted by atomic mass is 79.9. The minimum atomic E-state index is -3.73. The number of nitrogens with two attached hydrogens (primary N) is 1. The maximum atomic E-state index is 12.1. The summed E-state index contributed by atoms with van der Waals surface area (Å²) in [6.45, 7) is 1.89. The van der Waals surface area contributed by atoms with Gasteiger partial charge in [-0.15, -0.1) is 0 Å². The van der Waals surface area contributed by atoms with E-state index in [9.17, 15) is 13.2 Å². The maximum Gasteiger partial charge on any atom is 0.255 e. The third kappa shape index (κ3) is 3.90. The number of primary sulfonamides is 1. The first-order valence-electron chi connectivity index (χ1n) is 5.98. The van der Waals surface area contributed by atoms with E-state index in [-0.39, 0.29) is 10.8 Å². The number of sulfonamides is 1. The van der Waals surface area contributed by atoms with Crippen LogP contribution in [0.1, 0.15) is 15.9 Å². The second-order valence-electron chi connectivity index (χ2n) is 4.49. The van der Waals surface area contributed by atoms with Crippen LogP contribution >= 0.6 is 15.9 Å². The lowest BCUT2D eigenvalue weighted by molar-refractivity contribution is 0.102. The van der Waals surface area contributed by atoms with Crippen LogP contribution in [0.5, 0.6) is 0 Å². The predicted octanol–water partition coefficient (Wildman–Crippen LogP) is 2.66. The van der Waals surface area contributed by atoms with Crippen LogP contribution in [0.2, 0.25) is 0 Å². The molecule has 7 heteroatoms. The minimum absolute atomic E-state index is 0.0000138. The van der Waals surface area contributed by atoms with Gasteiger partial charge in [0.25, 0.3) is 5.91 Å². The SMILES string of the molecule is Cc1cc(C(=O)Nc2ccc(S(N)(=O)=O)cc2)ccc1Br. The molecule has 0 aliphatic rings. The fourth-order valence-electron chi connectivity index (χ4n) is 1.72. The van der Waals surface area contributed by atoms with Crippen LogP contribution in [0.3, 0.4) is 0 Å². The van der Waals surface area contributed by atoms with Crippen molar-refractivity contribution in [1.29, 1.82) is 0 Å². The lowest BCUT2D eigenvalue weighted by atomic mass is 10.1. The zero-order valence-electron chi connectivity index (χ0n) is 11.1. The average Bonchev–Trinajstić information content (AvgIpc) is 2.41. The number of anilines is 1. The van der Waals surface area contributed by atoms with Gasteiger partial charge in [0.05, 0.1) is 4.90 Å². The van der Waals surface area contributed by atoms with Crippen LogP contribution in [0.25, 0.3) is 0 Å². The third-order valence-corrected chi connectivity index (χ3v) is 4.68. The number of hydrogen-bond donors (Lipinski definition) is 2. The van der Waals surface area contributed by atoms with Crippen molar-refractivity contribution in [2.24, 2.45) is 5.14 Å². The van der Waals surface area contributed by atoms with Crippen molar-refractivity contribution in [3.63, 3.8) is 0 Å². The van der Waals surface area contributed by atoms with Crippen molar-refractivity contribution in [3.8, 4) is 0 Å². The van der Waals surface area contributed by atoms with E-state index in [4.69, 9.17) is 5.14 Å². The minimum Gasteiger partial charge on any atom is -0.322 e. The monoisotopic (exact) mass is 368 g/mol. The number of nitrogens with one attached hydrogen (secondary N) is 1. The molecule has 0 spiro atoms. The molecular formula is C14H13BrN2O3S. The topological polar surface area (TPSA) is 89.3 Å². The molecule has 1 amide bonds. The molecule has 2 rings (SSSR count). The van der Waals surface area contributed by atoms with Crippen molar-refractivity contribution in [2.45, 2.75) is 11.8 Å². The van der Waals surface area contributed by atoms with Gasteiger partial charge in [0.1, 0.15) is 0 Å². The Bertz CT molecular complexity index is 786. The summed E-state index contributed by atoms with van der Waals surface area (Å²) in [5, 5.41) is 7.70. The number of carbonyl (C=O) groups excluding carboxylic acids is 1. The molecule has 0 bridgehead atoms. The number of halogens is 1. The molecule has 2 aromatic rings. The number of carbonyl (C=O) groups is 1. The largest absolute Gasteiger partial charge is 0.322 e. The molecule has 3 N–H and O–H groups in total. The number of amides is 1. The molecule has 0 aromatic heterocycles. The van der Waals surface area contributed by atoms with Crippen molar-refractivity contribution >= 4 is 37.5 Å². The van der Waals surface area contributed by atoms with Crippen LogP contribution < -0.4 is 10.5 Å². The summed E-state index contributed by atoms with van der Waals surface area (Å²) in [6.07, 6.45) is 0.